The molecule has 13 heteroatoms. The molecule has 3 N–H and O–H groups in total. The van der Waals surface area contributed by atoms with Crippen molar-refractivity contribution in [3.05, 3.63) is 71.9 Å². The number of unbranched alkanes of at least 4 members (excludes halogenated alkanes) is 2. The highest BCUT2D eigenvalue weighted by molar-refractivity contribution is 5.98. The Hall–Kier alpha value is -4.91. The first-order chi connectivity index (χ1) is 27.1. The molecule has 0 radical (unpaired) electrons. The van der Waals surface area contributed by atoms with Gasteiger partial charge in [0.25, 0.3) is 0 Å². The lowest BCUT2D eigenvalue weighted by molar-refractivity contribution is -0.162. The minimum Gasteiger partial charge on any atom is -0.460 e. The molecule has 2 aromatic carbocycles. The van der Waals surface area contributed by atoms with Crippen molar-refractivity contribution in [3.63, 3.8) is 0 Å². The van der Waals surface area contributed by atoms with Crippen molar-refractivity contribution in [3.8, 4) is 0 Å². The molecule has 56 heavy (non-hydrogen) atoms. The largest absolute Gasteiger partial charge is 0.460 e. The Labute approximate surface area is 330 Å². The molecule has 0 aliphatic carbocycles. The van der Waals surface area contributed by atoms with Crippen LogP contribution in [-0.2, 0) is 39.9 Å². The Morgan fingerprint density at radius 2 is 1.55 bits per heavy atom. The molecule has 2 saturated heterocycles. The number of hydrogen-bond donors (Lipinski definition) is 3. The van der Waals surface area contributed by atoms with Gasteiger partial charge in [-0.3, -0.25) is 19.2 Å². The fourth-order valence-electron chi connectivity index (χ4n) is 7.82. The maximum atomic E-state index is 14.2. The monoisotopic (exact) mass is 773 g/mol. The number of amides is 4. The Morgan fingerprint density at radius 1 is 0.839 bits per heavy atom. The second-order valence-electron chi connectivity index (χ2n) is 15.1. The summed E-state index contributed by atoms with van der Waals surface area (Å²) >= 11 is 0. The predicted molar refractivity (Wildman–Crippen MR) is 212 cm³/mol. The molecule has 0 saturated carbocycles. The quantitative estimate of drug-likeness (QED) is 0.139. The minimum absolute atomic E-state index is 0.133. The molecule has 7 atom stereocenters. The third-order valence-corrected chi connectivity index (χ3v) is 11.3. The Kier molecular flexibility index (Phi) is 15.3. The second-order valence-corrected chi connectivity index (χ2v) is 15.1. The molecule has 304 valence electrons. The topological polar surface area (TPSA) is 157 Å². The van der Waals surface area contributed by atoms with Crippen LogP contribution in [0.2, 0.25) is 0 Å². The first-order valence-corrected chi connectivity index (χ1v) is 20.2. The minimum atomic E-state index is -1.04. The van der Waals surface area contributed by atoms with Gasteiger partial charge in [0.05, 0.1) is 5.52 Å². The van der Waals surface area contributed by atoms with Crippen LogP contribution >= 0.6 is 0 Å². The molecule has 2 fully saturated rings. The number of carbonyl (C=O) groups is 5. The number of ether oxygens (including phenoxy) is 2. The third kappa shape index (κ3) is 10.3. The highest BCUT2D eigenvalue weighted by atomic mass is 16.6. The molecule has 3 aromatic rings. The van der Waals surface area contributed by atoms with E-state index in [-0.39, 0.29) is 30.3 Å². The molecular weight excluding hydrogens is 714 g/mol. The van der Waals surface area contributed by atoms with E-state index in [0.29, 0.717) is 51.5 Å². The summed E-state index contributed by atoms with van der Waals surface area (Å²) in [4.78, 5) is 76.8. The van der Waals surface area contributed by atoms with E-state index in [9.17, 15) is 24.0 Å². The number of esters is 1. The van der Waals surface area contributed by atoms with Crippen LogP contribution in [0.5, 0.6) is 0 Å². The number of piperidine rings is 1. The van der Waals surface area contributed by atoms with Crippen LogP contribution in [0.1, 0.15) is 102 Å². The maximum Gasteiger partial charge on any atom is 0.340 e. The van der Waals surface area contributed by atoms with Gasteiger partial charge in [0.2, 0.25) is 23.6 Å². The van der Waals surface area contributed by atoms with E-state index in [1.165, 1.54) is 7.11 Å². The van der Waals surface area contributed by atoms with Gasteiger partial charge in [-0.15, -0.1) is 0 Å². The molecule has 3 heterocycles. The van der Waals surface area contributed by atoms with Crippen LogP contribution in [0.25, 0.3) is 10.9 Å². The summed E-state index contributed by atoms with van der Waals surface area (Å²) in [6.07, 6.45) is 7.07. The normalized spacial score (nSPS) is 22.4. The van der Waals surface area contributed by atoms with Gasteiger partial charge >= 0.3 is 5.97 Å². The summed E-state index contributed by atoms with van der Waals surface area (Å²) in [6, 6.07) is 13.3. The van der Waals surface area contributed by atoms with E-state index in [1.807, 2.05) is 75.4 Å². The number of fused-ring (bicyclic) bond motifs is 2. The smallest absolute Gasteiger partial charge is 0.340 e. The van der Waals surface area contributed by atoms with Gasteiger partial charge in [0.15, 0.2) is 6.10 Å². The van der Waals surface area contributed by atoms with Crippen LogP contribution in [-0.4, -0.2) is 90.3 Å². The zero-order chi connectivity index (χ0) is 40.2. The Morgan fingerprint density at radius 3 is 2.27 bits per heavy atom. The van der Waals surface area contributed by atoms with Crippen molar-refractivity contribution < 1.29 is 38.3 Å². The molecular formula is C43H59N5O8. The number of carbonyl (C=O) groups excluding carboxylic acids is 5. The van der Waals surface area contributed by atoms with Crippen molar-refractivity contribution in [2.24, 2.45) is 5.92 Å². The summed E-state index contributed by atoms with van der Waals surface area (Å²) in [7, 11) is 3.04. The highest BCUT2D eigenvalue weighted by Gasteiger charge is 2.41. The molecule has 4 amide bonds. The van der Waals surface area contributed by atoms with E-state index >= 15 is 0 Å². The average Bonchev–Trinajstić information content (AvgIpc) is 3.58. The summed E-state index contributed by atoms with van der Waals surface area (Å²) in [6.45, 7) is 6.24. The summed E-state index contributed by atoms with van der Waals surface area (Å²) < 4.78 is 12.9. The number of aromatic nitrogens is 1. The van der Waals surface area contributed by atoms with E-state index in [2.05, 4.69) is 16.0 Å². The van der Waals surface area contributed by atoms with Crippen molar-refractivity contribution >= 4 is 40.5 Å². The lowest BCUT2D eigenvalue weighted by Crippen LogP contribution is -2.64. The van der Waals surface area contributed by atoms with E-state index in [0.717, 1.165) is 41.3 Å². The van der Waals surface area contributed by atoms with Gasteiger partial charge in [-0.05, 0) is 68.1 Å². The van der Waals surface area contributed by atoms with Crippen LogP contribution in [0, 0.1) is 5.92 Å². The van der Waals surface area contributed by atoms with Gasteiger partial charge in [0, 0.05) is 31.7 Å². The van der Waals surface area contributed by atoms with Crippen molar-refractivity contribution in [1.29, 1.82) is 0 Å². The maximum absolute atomic E-state index is 14.2. The zero-order valence-corrected chi connectivity index (χ0v) is 33.5. The molecule has 0 spiro atoms. The van der Waals surface area contributed by atoms with Gasteiger partial charge in [-0.25, -0.2) is 4.79 Å². The Balaban J connectivity index is 1.32. The molecule has 2 aliphatic rings. The van der Waals surface area contributed by atoms with E-state index in [4.69, 9.17) is 14.3 Å². The SMILES string of the molecule is CCC(C)[C@@H]1NC(=O)[C@H](Cc2cn(OC)c3ccccc23)NC(=O)[C@H](CCCCC[C@H](CC)OC(=O)[C@@H](OC)c2ccccc2)NC(=O)[C@H]2CCCCN2C1=O. The van der Waals surface area contributed by atoms with Gasteiger partial charge in [-0.1, -0.05) is 88.6 Å². The average molecular weight is 774 g/mol. The van der Waals surface area contributed by atoms with Crippen molar-refractivity contribution in [2.75, 3.05) is 20.8 Å². The molecule has 2 aliphatic heterocycles. The second kappa shape index (κ2) is 20.3. The number of hydrogen-bond acceptors (Lipinski definition) is 8. The van der Waals surface area contributed by atoms with E-state index < -0.39 is 48.1 Å². The highest BCUT2D eigenvalue weighted by Crippen LogP contribution is 2.25. The standard InChI is InChI=1S/C43H59N5O8/c1-6-28(3)37-42(52)47-25-17-16-24-36(47)41(51)44-33(22-13-9-12-20-31(7-2)56-43(53)38(54-4)29-18-10-8-11-19-29)39(49)45-34(40(50)46-37)26-30-27-48(55-5)35-23-15-14-21-32(30)35/h8,10-11,14-15,18-19,21,23,27-28,31,33-34,36-38H,6-7,9,12-13,16-17,20,22,24-26H2,1-5H3,(H,44,51)(H,45,49)(H,46,50)/t28?,31-,33-,34-,36+,37-,38-/m0/s1. The summed E-state index contributed by atoms with van der Waals surface area (Å²) in [5.41, 5.74) is 2.32. The van der Waals surface area contributed by atoms with Crippen molar-refractivity contribution in [1.82, 2.24) is 25.6 Å². The number of benzene rings is 2. The predicted octanol–water partition coefficient (Wildman–Crippen LogP) is 4.80. The number of nitrogens with zero attached hydrogens (tertiary/aromatic N) is 2. The van der Waals surface area contributed by atoms with Crippen LogP contribution in [0.4, 0.5) is 0 Å². The fourth-order valence-corrected chi connectivity index (χ4v) is 7.82. The van der Waals surface area contributed by atoms with Gasteiger partial charge < -0.3 is 35.2 Å². The number of rotatable bonds is 16. The lowest BCUT2D eigenvalue weighted by atomic mass is 9.93. The number of methoxy groups -OCH3 is 1. The van der Waals surface area contributed by atoms with Gasteiger partial charge in [0.1, 0.15) is 37.4 Å². The fraction of sp³-hybridized carbons (Fsp3) is 0.558. The van der Waals surface area contributed by atoms with Gasteiger partial charge in [-0.2, -0.15) is 4.73 Å². The number of para-hydroxylation sites is 1. The molecule has 0 bridgehead atoms. The first-order valence-electron chi connectivity index (χ1n) is 20.2. The number of nitrogens with one attached hydrogen (secondary N) is 3. The van der Waals surface area contributed by atoms with Crippen molar-refractivity contribution in [2.45, 2.75) is 128 Å². The van der Waals surface area contributed by atoms with Crippen LogP contribution in [0.3, 0.4) is 0 Å². The van der Waals surface area contributed by atoms with Crippen LogP contribution < -0.4 is 20.8 Å². The molecule has 13 nitrogen and oxygen atoms in total. The zero-order valence-electron chi connectivity index (χ0n) is 33.5. The lowest BCUT2D eigenvalue weighted by Gasteiger charge is -2.39. The Bertz CT molecular complexity index is 1800. The molecule has 1 aromatic heterocycles. The first kappa shape index (κ1) is 42.2. The van der Waals surface area contributed by atoms with E-state index in [1.54, 1.807) is 22.9 Å². The summed E-state index contributed by atoms with van der Waals surface area (Å²) in [5, 5.41) is 9.84. The molecule has 5 rings (SSSR count). The third-order valence-electron chi connectivity index (χ3n) is 11.3. The van der Waals surface area contributed by atoms with Crippen LogP contribution in [0.15, 0.2) is 60.8 Å². The summed E-state index contributed by atoms with van der Waals surface area (Å²) in [5.74, 6) is -2.21. The molecule has 1 unspecified atom stereocenters.